The summed E-state index contributed by atoms with van der Waals surface area (Å²) in [6.45, 7) is 4.65. The molecule has 128 valence electrons. The highest BCUT2D eigenvalue weighted by Gasteiger charge is 2.34. The Kier molecular flexibility index (Phi) is 6.03. The van der Waals surface area contributed by atoms with Gasteiger partial charge in [-0.25, -0.2) is 4.79 Å². The number of aromatic amines is 1. The Hall–Kier alpha value is -2.28. The predicted octanol–water partition coefficient (Wildman–Crippen LogP) is 2.56. The van der Waals surface area contributed by atoms with Gasteiger partial charge in [0.05, 0.1) is 11.9 Å². The summed E-state index contributed by atoms with van der Waals surface area (Å²) in [7, 11) is 0. The van der Waals surface area contributed by atoms with Crippen LogP contribution in [0.1, 0.15) is 31.6 Å². The second-order valence-corrected chi connectivity index (χ2v) is 6.57. The van der Waals surface area contributed by atoms with E-state index in [4.69, 9.17) is 4.74 Å². The SMILES string of the molecule is CCOC(=O)C(NC(C)=O)C(SC(C)=O)c1c[nH]c2ccccc12. The quantitative estimate of drug-likeness (QED) is 0.783. The molecular weight excluding hydrogens is 328 g/mol. The van der Waals surface area contributed by atoms with Crippen LogP contribution in [0, 0.1) is 0 Å². The molecule has 1 aromatic carbocycles. The first kappa shape index (κ1) is 18.1. The number of hydrogen-bond acceptors (Lipinski definition) is 5. The Bertz CT molecular complexity index is 756. The number of para-hydroxylation sites is 1. The van der Waals surface area contributed by atoms with Crippen LogP contribution in [0.5, 0.6) is 0 Å². The van der Waals surface area contributed by atoms with Crippen LogP contribution in [-0.2, 0) is 19.1 Å². The van der Waals surface area contributed by atoms with Crippen molar-refractivity contribution in [3.8, 4) is 0 Å². The summed E-state index contributed by atoms with van der Waals surface area (Å²) in [6.07, 6.45) is 1.76. The minimum atomic E-state index is -0.949. The molecule has 1 amide bonds. The molecule has 2 unspecified atom stereocenters. The van der Waals surface area contributed by atoms with E-state index in [-0.39, 0.29) is 17.6 Å². The average Bonchev–Trinajstić information content (AvgIpc) is 2.94. The van der Waals surface area contributed by atoms with Gasteiger partial charge in [0.1, 0.15) is 6.04 Å². The van der Waals surface area contributed by atoms with E-state index in [9.17, 15) is 14.4 Å². The molecule has 0 aliphatic heterocycles. The third kappa shape index (κ3) is 4.17. The smallest absolute Gasteiger partial charge is 0.330 e. The Morgan fingerprint density at radius 1 is 1.25 bits per heavy atom. The van der Waals surface area contributed by atoms with E-state index in [1.807, 2.05) is 24.3 Å². The monoisotopic (exact) mass is 348 g/mol. The van der Waals surface area contributed by atoms with Gasteiger partial charge >= 0.3 is 5.97 Å². The van der Waals surface area contributed by atoms with Gasteiger partial charge in [-0.15, -0.1) is 0 Å². The minimum Gasteiger partial charge on any atom is -0.464 e. The van der Waals surface area contributed by atoms with Gasteiger partial charge < -0.3 is 15.0 Å². The normalized spacial score (nSPS) is 13.3. The summed E-state index contributed by atoms with van der Waals surface area (Å²) in [4.78, 5) is 38.8. The number of fused-ring (bicyclic) bond motifs is 1. The van der Waals surface area contributed by atoms with Crippen LogP contribution < -0.4 is 5.32 Å². The van der Waals surface area contributed by atoms with Crippen molar-refractivity contribution in [2.75, 3.05) is 6.61 Å². The van der Waals surface area contributed by atoms with Crippen molar-refractivity contribution in [2.24, 2.45) is 0 Å². The average molecular weight is 348 g/mol. The van der Waals surface area contributed by atoms with Crippen LogP contribution in [-0.4, -0.2) is 34.6 Å². The molecule has 0 radical (unpaired) electrons. The fourth-order valence-corrected chi connectivity index (χ4v) is 3.52. The molecule has 24 heavy (non-hydrogen) atoms. The number of carbonyl (C=O) groups excluding carboxylic acids is 3. The lowest BCUT2D eigenvalue weighted by atomic mass is 10.0. The van der Waals surface area contributed by atoms with Gasteiger partial charge in [0.15, 0.2) is 5.12 Å². The second-order valence-electron chi connectivity index (χ2n) is 5.25. The van der Waals surface area contributed by atoms with Crippen molar-refractivity contribution in [1.29, 1.82) is 0 Å². The number of aromatic nitrogens is 1. The molecule has 0 aliphatic rings. The summed E-state index contributed by atoms with van der Waals surface area (Å²) in [5, 5.41) is 2.79. The Morgan fingerprint density at radius 2 is 1.96 bits per heavy atom. The maximum absolute atomic E-state index is 12.4. The molecule has 7 heteroatoms. The van der Waals surface area contributed by atoms with Crippen LogP contribution in [0.25, 0.3) is 10.9 Å². The Labute approximate surface area is 144 Å². The number of nitrogens with one attached hydrogen (secondary N) is 2. The van der Waals surface area contributed by atoms with Gasteiger partial charge in [-0.3, -0.25) is 9.59 Å². The molecule has 0 bridgehead atoms. The third-order valence-corrected chi connectivity index (χ3v) is 4.53. The van der Waals surface area contributed by atoms with Crippen LogP contribution in [0.4, 0.5) is 0 Å². The molecule has 0 spiro atoms. The number of H-pyrrole nitrogens is 1. The number of amides is 1. The molecule has 2 atom stereocenters. The lowest BCUT2D eigenvalue weighted by Crippen LogP contribution is -2.44. The zero-order valence-corrected chi connectivity index (χ0v) is 14.6. The van der Waals surface area contributed by atoms with E-state index in [0.29, 0.717) is 0 Å². The largest absolute Gasteiger partial charge is 0.464 e. The van der Waals surface area contributed by atoms with Crippen LogP contribution >= 0.6 is 11.8 Å². The van der Waals surface area contributed by atoms with Gasteiger partial charge in [-0.1, -0.05) is 30.0 Å². The molecule has 6 nitrogen and oxygen atoms in total. The minimum absolute atomic E-state index is 0.148. The summed E-state index contributed by atoms with van der Waals surface area (Å²) < 4.78 is 5.09. The first-order valence-electron chi connectivity index (χ1n) is 7.61. The molecule has 1 heterocycles. The van der Waals surface area contributed by atoms with Crippen LogP contribution in [0.2, 0.25) is 0 Å². The van der Waals surface area contributed by atoms with Crippen molar-refractivity contribution >= 4 is 39.7 Å². The Balaban J connectivity index is 2.49. The van der Waals surface area contributed by atoms with Gasteiger partial charge in [-0.2, -0.15) is 0 Å². The van der Waals surface area contributed by atoms with Crippen molar-refractivity contribution < 1.29 is 19.1 Å². The zero-order chi connectivity index (χ0) is 17.7. The van der Waals surface area contributed by atoms with E-state index >= 15 is 0 Å². The number of ether oxygens (including phenoxy) is 1. The van der Waals surface area contributed by atoms with Gasteiger partial charge in [0.2, 0.25) is 5.91 Å². The highest BCUT2D eigenvalue weighted by Crippen LogP contribution is 2.37. The fraction of sp³-hybridized carbons (Fsp3) is 0.353. The number of hydrogen-bond donors (Lipinski definition) is 2. The molecule has 2 N–H and O–H groups in total. The standard InChI is InChI=1S/C17H20N2O4S/c1-4-23-17(22)15(19-10(2)20)16(24-11(3)21)13-9-18-14-8-6-5-7-12(13)14/h5-9,15-16,18H,4H2,1-3H3,(H,19,20). The fourth-order valence-electron chi connectivity index (χ4n) is 2.53. The second kappa shape index (κ2) is 8.01. The van der Waals surface area contributed by atoms with Gasteiger partial charge in [-0.05, 0) is 18.6 Å². The van der Waals surface area contributed by atoms with Gasteiger partial charge in [0, 0.05) is 30.9 Å². The zero-order valence-electron chi connectivity index (χ0n) is 13.8. The predicted molar refractivity (Wildman–Crippen MR) is 93.5 cm³/mol. The summed E-state index contributed by atoms with van der Waals surface area (Å²) in [5.41, 5.74) is 1.67. The van der Waals surface area contributed by atoms with E-state index < -0.39 is 17.3 Å². The van der Waals surface area contributed by atoms with Crippen LogP contribution in [0.3, 0.4) is 0 Å². The van der Waals surface area contributed by atoms with Crippen molar-refractivity contribution in [2.45, 2.75) is 32.1 Å². The molecule has 1 aromatic heterocycles. The first-order valence-corrected chi connectivity index (χ1v) is 8.49. The highest BCUT2D eigenvalue weighted by atomic mass is 32.2. The molecule has 0 aliphatic carbocycles. The molecule has 0 saturated heterocycles. The molecule has 0 saturated carbocycles. The maximum Gasteiger partial charge on any atom is 0.330 e. The summed E-state index contributed by atoms with van der Waals surface area (Å²) in [6, 6.07) is 6.64. The van der Waals surface area contributed by atoms with E-state index in [0.717, 1.165) is 28.2 Å². The number of rotatable bonds is 6. The van der Waals surface area contributed by atoms with Crippen LogP contribution in [0.15, 0.2) is 30.5 Å². The van der Waals surface area contributed by atoms with Crippen molar-refractivity contribution in [1.82, 2.24) is 10.3 Å². The number of esters is 1. The lowest BCUT2D eigenvalue weighted by molar-refractivity contribution is -0.147. The first-order chi connectivity index (χ1) is 11.4. The van der Waals surface area contributed by atoms with E-state index in [1.54, 1.807) is 13.1 Å². The van der Waals surface area contributed by atoms with Crippen molar-refractivity contribution in [3.63, 3.8) is 0 Å². The summed E-state index contributed by atoms with van der Waals surface area (Å²) >= 11 is 1.00. The third-order valence-electron chi connectivity index (χ3n) is 3.42. The van der Waals surface area contributed by atoms with Gasteiger partial charge in [0.25, 0.3) is 0 Å². The van der Waals surface area contributed by atoms with Crippen molar-refractivity contribution in [3.05, 3.63) is 36.0 Å². The van der Waals surface area contributed by atoms with E-state index in [2.05, 4.69) is 10.3 Å². The summed E-state index contributed by atoms with van der Waals surface area (Å²) in [5.74, 6) is -0.918. The molecule has 2 rings (SSSR count). The lowest BCUT2D eigenvalue weighted by Gasteiger charge is -2.24. The number of carbonyl (C=O) groups is 3. The molecule has 2 aromatic rings. The molecular formula is C17H20N2O4S. The number of thioether (sulfide) groups is 1. The highest BCUT2D eigenvalue weighted by molar-refractivity contribution is 8.13. The van der Waals surface area contributed by atoms with E-state index in [1.165, 1.54) is 13.8 Å². The molecule has 0 fully saturated rings. The Morgan fingerprint density at radius 3 is 2.58 bits per heavy atom. The topological polar surface area (TPSA) is 88.3 Å². The number of benzene rings is 1. The maximum atomic E-state index is 12.4.